The first-order chi connectivity index (χ1) is 8.49. The van der Waals surface area contributed by atoms with Gasteiger partial charge in [0.2, 0.25) is 0 Å². The Bertz CT molecular complexity index is 433. The maximum Gasteiger partial charge on any atom is 0.305 e. The minimum absolute atomic E-state index is 0.148. The Kier molecular flexibility index (Phi) is 3.50. The molecule has 5 nitrogen and oxygen atoms in total. The van der Waals surface area contributed by atoms with E-state index in [1.54, 1.807) is 0 Å². The normalized spacial score (nSPS) is 17.7. The third-order valence-electron chi connectivity index (χ3n) is 3.41. The molecule has 0 amide bonds. The zero-order chi connectivity index (χ0) is 13.2. The van der Waals surface area contributed by atoms with Gasteiger partial charge in [0.15, 0.2) is 0 Å². The van der Waals surface area contributed by atoms with Crippen LogP contribution in [0.4, 0.5) is 5.82 Å². The molecule has 0 aromatic carbocycles. The number of anilines is 1. The summed E-state index contributed by atoms with van der Waals surface area (Å²) in [6.45, 7) is 3.76. The Labute approximate surface area is 107 Å². The third kappa shape index (κ3) is 2.97. The second-order valence-corrected chi connectivity index (χ2v) is 5.12. The van der Waals surface area contributed by atoms with Crippen molar-refractivity contribution in [3.05, 3.63) is 17.6 Å². The van der Waals surface area contributed by atoms with Crippen LogP contribution >= 0.6 is 0 Å². The van der Waals surface area contributed by atoms with E-state index in [-0.39, 0.29) is 12.0 Å². The Morgan fingerprint density at radius 1 is 1.39 bits per heavy atom. The van der Waals surface area contributed by atoms with Crippen LogP contribution in [-0.4, -0.2) is 26.6 Å². The van der Waals surface area contributed by atoms with Crippen molar-refractivity contribution in [2.75, 3.05) is 5.32 Å². The fourth-order valence-corrected chi connectivity index (χ4v) is 2.74. The average Bonchev–Trinajstić information content (AvgIpc) is 2.63. The van der Waals surface area contributed by atoms with E-state index in [2.05, 4.69) is 15.3 Å². The molecule has 1 aliphatic rings. The van der Waals surface area contributed by atoms with Gasteiger partial charge in [0.05, 0.1) is 6.42 Å². The van der Waals surface area contributed by atoms with Gasteiger partial charge in [-0.2, -0.15) is 0 Å². The van der Waals surface area contributed by atoms with E-state index >= 15 is 0 Å². The molecule has 1 heterocycles. The van der Waals surface area contributed by atoms with Crippen LogP contribution in [0.3, 0.4) is 0 Å². The number of aryl methyl sites for hydroxylation is 2. The van der Waals surface area contributed by atoms with Crippen molar-refractivity contribution in [3.63, 3.8) is 0 Å². The number of nitrogens with one attached hydrogen (secondary N) is 1. The maximum atomic E-state index is 11.0. The van der Waals surface area contributed by atoms with Crippen molar-refractivity contribution in [2.45, 2.75) is 51.5 Å². The van der Waals surface area contributed by atoms with Gasteiger partial charge in [0.25, 0.3) is 0 Å². The first-order valence-electron chi connectivity index (χ1n) is 6.31. The van der Waals surface area contributed by atoms with Gasteiger partial charge >= 0.3 is 5.97 Å². The third-order valence-corrected chi connectivity index (χ3v) is 3.41. The maximum absolute atomic E-state index is 11.0. The van der Waals surface area contributed by atoms with Crippen LogP contribution in [0.15, 0.2) is 6.07 Å². The van der Waals surface area contributed by atoms with Gasteiger partial charge < -0.3 is 10.4 Å². The number of hydrogen-bond donors (Lipinski definition) is 2. The number of rotatable bonds is 4. The van der Waals surface area contributed by atoms with Gasteiger partial charge in [-0.3, -0.25) is 4.79 Å². The number of carboxylic acid groups (broad SMARTS) is 1. The molecule has 98 valence electrons. The lowest BCUT2D eigenvalue weighted by Crippen LogP contribution is -2.38. The van der Waals surface area contributed by atoms with Gasteiger partial charge in [0.1, 0.15) is 11.6 Å². The Morgan fingerprint density at radius 3 is 2.61 bits per heavy atom. The summed E-state index contributed by atoms with van der Waals surface area (Å²) in [5, 5.41) is 12.4. The number of aliphatic carboxylic acids is 1. The largest absolute Gasteiger partial charge is 0.481 e. The number of hydrogen-bond acceptors (Lipinski definition) is 4. The molecule has 0 atom stereocenters. The standard InChI is InChI=1S/C13H19N3O2/c1-9-7-11(15-10(2)14-9)16-13(8-12(17)18)5-3-4-6-13/h7H,3-6,8H2,1-2H3,(H,17,18)(H,14,15,16). The lowest BCUT2D eigenvalue weighted by atomic mass is 9.93. The number of nitrogens with zero attached hydrogens (tertiary/aromatic N) is 2. The van der Waals surface area contributed by atoms with E-state index in [1.807, 2.05) is 19.9 Å². The molecule has 1 aromatic rings. The summed E-state index contributed by atoms with van der Waals surface area (Å²) in [5.74, 6) is 0.691. The summed E-state index contributed by atoms with van der Waals surface area (Å²) in [6.07, 6.45) is 4.07. The van der Waals surface area contributed by atoms with E-state index in [4.69, 9.17) is 5.11 Å². The summed E-state index contributed by atoms with van der Waals surface area (Å²) in [5.41, 5.74) is 0.562. The minimum Gasteiger partial charge on any atom is -0.481 e. The van der Waals surface area contributed by atoms with Crippen molar-refractivity contribution in [1.82, 2.24) is 9.97 Å². The highest BCUT2D eigenvalue weighted by Gasteiger charge is 2.36. The molecular formula is C13H19N3O2. The summed E-state index contributed by atoms with van der Waals surface area (Å²) in [6, 6.07) is 1.87. The van der Waals surface area contributed by atoms with Gasteiger partial charge in [-0.1, -0.05) is 12.8 Å². The van der Waals surface area contributed by atoms with Crippen molar-refractivity contribution >= 4 is 11.8 Å². The predicted molar refractivity (Wildman–Crippen MR) is 68.6 cm³/mol. The number of aromatic nitrogens is 2. The highest BCUT2D eigenvalue weighted by molar-refractivity contribution is 5.69. The molecular weight excluding hydrogens is 230 g/mol. The second-order valence-electron chi connectivity index (χ2n) is 5.12. The van der Waals surface area contributed by atoms with Gasteiger partial charge in [-0.05, 0) is 26.7 Å². The lowest BCUT2D eigenvalue weighted by molar-refractivity contribution is -0.138. The molecule has 18 heavy (non-hydrogen) atoms. The van der Waals surface area contributed by atoms with Crippen molar-refractivity contribution < 1.29 is 9.90 Å². The van der Waals surface area contributed by atoms with E-state index in [0.717, 1.165) is 37.2 Å². The Balaban J connectivity index is 2.20. The van der Waals surface area contributed by atoms with Crippen LogP contribution in [0, 0.1) is 13.8 Å². The van der Waals surface area contributed by atoms with E-state index in [9.17, 15) is 4.79 Å². The number of carboxylic acids is 1. The summed E-state index contributed by atoms with van der Waals surface area (Å²) in [7, 11) is 0. The molecule has 5 heteroatoms. The highest BCUT2D eigenvalue weighted by Crippen LogP contribution is 2.35. The SMILES string of the molecule is Cc1cc(NC2(CC(=O)O)CCCC2)nc(C)n1. The first kappa shape index (κ1) is 12.8. The quantitative estimate of drug-likeness (QED) is 0.856. The predicted octanol–water partition coefficient (Wildman–Crippen LogP) is 2.29. The van der Waals surface area contributed by atoms with Crippen molar-refractivity contribution in [3.8, 4) is 0 Å². The summed E-state index contributed by atoms with van der Waals surface area (Å²) in [4.78, 5) is 19.6. The van der Waals surface area contributed by atoms with Gasteiger partial charge in [0, 0.05) is 17.3 Å². The number of carbonyl (C=O) groups is 1. The van der Waals surface area contributed by atoms with Crippen LogP contribution in [0.1, 0.15) is 43.6 Å². The van der Waals surface area contributed by atoms with Gasteiger partial charge in [-0.25, -0.2) is 9.97 Å². The molecule has 0 saturated heterocycles. The fourth-order valence-electron chi connectivity index (χ4n) is 2.74. The summed E-state index contributed by atoms with van der Waals surface area (Å²) >= 11 is 0. The zero-order valence-electron chi connectivity index (χ0n) is 10.9. The molecule has 0 spiro atoms. The average molecular weight is 249 g/mol. The van der Waals surface area contributed by atoms with Crippen LogP contribution in [-0.2, 0) is 4.79 Å². The molecule has 1 aliphatic carbocycles. The Hall–Kier alpha value is -1.65. The van der Waals surface area contributed by atoms with Crippen LogP contribution in [0.25, 0.3) is 0 Å². The van der Waals surface area contributed by atoms with Gasteiger partial charge in [-0.15, -0.1) is 0 Å². The zero-order valence-corrected chi connectivity index (χ0v) is 10.9. The molecule has 0 bridgehead atoms. The minimum atomic E-state index is -0.758. The summed E-state index contributed by atoms with van der Waals surface area (Å²) < 4.78 is 0. The molecule has 1 fully saturated rings. The van der Waals surface area contributed by atoms with E-state index in [0.29, 0.717) is 5.82 Å². The lowest BCUT2D eigenvalue weighted by Gasteiger charge is -2.29. The topological polar surface area (TPSA) is 75.1 Å². The fraction of sp³-hybridized carbons (Fsp3) is 0.615. The first-order valence-corrected chi connectivity index (χ1v) is 6.31. The van der Waals surface area contributed by atoms with Crippen LogP contribution in [0.2, 0.25) is 0 Å². The monoisotopic (exact) mass is 249 g/mol. The van der Waals surface area contributed by atoms with Crippen molar-refractivity contribution in [1.29, 1.82) is 0 Å². The van der Waals surface area contributed by atoms with Crippen LogP contribution in [0.5, 0.6) is 0 Å². The highest BCUT2D eigenvalue weighted by atomic mass is 16.4. The molecule has 0 unspecified atom stereocenters. The molecule has 0 radical (unpaired) electrons. The van der Waals surface area contributed by atoms with Crippen molar-refractivity contribution in [2.24, 2.45) is 0 Å². The van der Waals surface area contributed by atoms with Crippen LogP contribution < -0.4 is 5.32 Å². The second kappa shape index (κ2) is 4.92. The van der Waals surface area contributed by atoms with E-state index in [1.165, 1.54) is 0 Å². The molecule has 2 N–H and O–H groups in total. The molecule has 1 saturated carbocycles. The molecule has 2 rings (SSSR count). The van der Waals surface area contributed by atoms with E-state index < -0.39 is 5.97 Å². The molecule has 0 aliphatic heterocycles. The smallest absolute Gasteiger partial charge is 0.305 e. The molecule has 1 aromatic heterocycles. The Morgan fingerprint density at radius 2 is 2.06 bits per heavy atom.